The van der Waals surface area contributed by atoms with Crippen molar-refractivity contribution >= 4 is 33.2 Å². The average molecular weight is 421 g/mol. The molecule has 1 saturated heterocycles. The van der Waals surface area contributed by atoms with Crippen molar-refractivity contribution in [1.82, 2.24) is 4.31 Å². The van der Waals surface area contributed by atoms with Gasteiger partial charge in [0.05, 0.1) is 11.7 Å². The third-order valence-corrected chi connectivity index (χ3v) is 7.09. The van der Waals surface area contributed by atoms with Gasteiger partial charge in [0.2, 0.25) is 15.9 Å². The SMILES string of the molecule is Cc1ccc(C)c(NC(=O)[C@@H]2CCCN(S(=O)(=O)Cc3cccc(Cl)c3)C2)c1. The van der Waals surface area contributed by atoms with Gasteiger partial charge in [0, 0.05) is 23.8 Å². The molecule has 28 heavy (non-hydrogen) atoms. The van der Waals surface area contributed by atoms with E-state index < -0.39 is 10.0 Å². The lowest BCUT2D eigenvalue weighted by Gasteiger charge is -2.31. The minimum Gasteiger partial charge on any atom is -0.326 e. The summed E-state index contributed by atoms with van der Waals surface area (Å²) in [6, 6.07) is 12.8. The molecule has 0 unspecified atom stereocenters. The van der Waals surface area contributed by atoms with Crippen LogP contribution in [0.3, 0.4) is 0 Å². The molecule has 7 heteroatoms. The Labute approximate surface area is 171 Å². The van der Waals surface area contributed by atoms with E-state index in [0.717, 1.165) is 16.8 Å². The fourth-order valence-corrected chi connectivity index (χ4v) is 5.25. The van der Waals surface area contributed by atoms with Crippen molar-refractivity contribution in [3.05, 3.63) is 64.2 Å². The van der Waals surface area contributed by atoms with Gasteiger partial charge in [-0.2, -0.15) is 0 Å². The molecule has 1 fully saturated rings. The van der Waals surface area contributed by atoms with Gasteiger partial charge in [0.15, 0.2) is 0 Å². The third kappa shape index (κ3) is 5.13. The second-order valence-corrected chi connectivity index (χ2v) is 9.80. The first kappa shape index (κ1) is 20.8. The zero-order valence-electron chi connectivity index (χ0n) is 16.1. The summed E-state index contributed by atoms with van der Waals surface area (Å²) in [6.45, 7) is 4.56. The van der Waals surface area contributed by atoms with Crippen LogP contribution in [0.1, 0.15) is 29.5 Å². The summed E-state index contributed by atoms with van der Waals surface area (Å²) in [5.41, 5.74) is 3.48. The summed E-state index contributed by atoms with van der Waals surface area (Å²) in [5.74, 6) is -0.599. The number of amides is 1. The van der Waals surface area contributed by atoms with Crippen LogP contribution >= 0.6 is 11.6 Å². The topological polar surface area (TPSA) is 66.5 Å². The van der Waals surface area contributed by atoms with Crippen LogP contribution in [0.2, 0.25) is 5.02 Å². The molecule has 0 aliphatic carbocycles. The quantitative estimate of drug-likeness (QED) is 0.790. The number of sulfonamides is 1. The number of nitrogens with zero attached hydrogens (tertiary/aromatic N) is 1. The minimum absolute atomic E-state index is 0.112. The van der Waals surface area contributed by atoms with E-state index in [4.69, 9.17) is 11.6 Å². The number of aryl methyl sites for hydroxylation is 2. The summed E-state index contributed by atoms with van der Waals surface area (Å²) >= 11 is 5.96. The summed E-state index contributed by atoms with van der Waals surface area (Å²) in [7, 11) is -3.51. The lowest BCUT2D eigenvalue weighted by atomic mass is 9.98. The van der Waals surface area contributed by atoms with Gasteiger partial charge in [-0.15, -0.1) is 0 Å². The monoisotopic (exact) mass is 420 g/mol. The first-order chi connectivity index (χ1) is 13.2. The number of carbonyl (C=O) groups excluding carboxylic acids is 1. The van der Waals surface area contributed by atoms with Crippen molar-refractivity contribution in [3.8, 4) is 0 Å². The number of halogens is 1. The van der Waals surface area contributed by atoms with E-state index in [1.54, 1.807) is 24.3 Å². The molecular formula is C21H25ClN2O3S. The number of benzene rings is 2. The maximum atomic E-state index is 12.8. The first-order valence-electron chi connectivity index (χ1n) is 9.35. The van der Waals surface area contributed by atoms with Gasteiger partial charge in [-0.05, 0) is 61.6 Å². The predicted molar refractivity (Wildman–Crippen MR) is 113 cm³/mol. The second kappa shape index (κ2) is 8.64. The summed E-state index contributed by atoms with van der Waals surface area (Å²) in [4.78, 5) is 12.8. The van der Waals surface area contributed by atoms with E-state index in [0.29, 0.717) is 30.0 Å². The van der Waals surface area contributed by atoms with Crippen LogP contribution in [0, 0.1) is 19.8 Å². The molecule has 0 aromatic heterocycles. The number of hydrogen-bond acceptors (Lipinski definition) is 3. The molecule has 1 aliphatic heterocycles. The van der Waals surface area contributed by atoms with Crippen molar-refractivity contribution in [2.24, 2.45) is 5.92 Å². The molecule has 5 nitrogen and oxygen atoms in total. The number of rotatable bonds is 5. The zero-order chi connectivity index (χ0) is 20.3. The molecule has 1 N–H and O–H groups in total. The molecular weight excluding hydrogens is 396 g/mol. The van der Waals surface area contributed by atoms with Gasteiger partial charge in [-0.3, -0.25) is 4.79 Å². The van der Waals surface area contributed by atoms with Gasteiger partial charge < -0.3 is 5.32 Å². The lowest BCUT2D eigenvalue weighted by molar-refractivity contribution is -0.120. The maximum absolute atomic E-state index is 12.8. The Kier molecular flexibility index (Phi) is 6.43. The number of piperidine rings is 1. The van der Waals surface area contributed by atoms with Crippen LogP contribution in [0.5, 0.6) is 0 Å². The van der Waals surface area contributed by atoms with Gasteiger partial charge in [-0.25, -0.2) is 12.7 Å². The summed E-state index contributed by atoms with van der Waals surface area (Å²) < 4.78 is 27.1. The highest BCUT2D eigenvalue weighted by Gasteiger charge is 2.32. The molecule has 2 aromatic carbocycles. The third-order valence-electron chi connectivity index (χ3n) is 5.04. The van der Waals surface area contributed by atoms with Crippen molar-refractivity contribution < 1.29 is 13.2 Å². The van der Waals surface area contributed by atoms with Gasteiger partial charge in [0.1, 0.15) is 0 Å². The minimum atomic E-state index is -3.51. The van der Waals surface area contributed by atoms with E-state index >= 15 is 0 Å². The average Bonchev–Trinajstić information content (AvgIpc) is 2.64. The Bertz CT molecular complexity index is 975. The van der Waals surface area contributed by atoms with E-state index in [1.807, 2.05) is 32.0 Å². The van der Waals surface area contributed by atoms with E-state index in [9.17, 15) is 13.2 Å². The number of carbonyl (C=O) groups is 1. The Balaban J connectivity index is 1.69. The molecule has 2 aromatic rings. The van der Waals surface area contributed by atoms with Crippen molar-refractivity contribution in [2.75, 3.05) is 18.4 Å². The van der Waals surface area contributed by atoms with Gasteiger partial charge in [-0.1, -0.05) is 35.9 Å². The normalized spacial score (nSPS) is 18.0. The molecule has 1 amide bonds. The zero-order valence-corrected chi connectivity index (χ0v) is 17.7. The molecule has 1 aliphatic rings. The highest BCUT2D eigenvalue weighted by Crippen LogP contribution is 2.24. The van der Waals surface area contributed by atoms with E-state index in [2.05, 4.69) is 5.32 Å². The second-order valence-electron chi connectivity index (χ2n) is 7.39. The van der Waals surface area contributed by atoms with Gasteiger partial charge in [0.25, 0.3) is 0 Å². The number of hydrogen-bond donors (Lipinski definition) is 1. The van der Waals surface area contributed by atoms with Crippen LogP contribution < -0.4 is 5.32 Å². The van der Waals surface area contributed by atoms with E-state index in [-0.39, 0.29) is 24.1 Å². The Morgan fingerprint density at radius 1 is 1.21 bits per heavy atom. The molecule has 0 saturated carbocycles. The van der Waals surface area contributed by atoms with Crippen LogP contribution in [0.4, 0.5) is 5.69 Å². The Morgan fingerprint density at radius 3 is 2.75 bits per heavy atom. The van der Waals surface area contributed by atoms with Crippen molar-refractivity contribution in [2.45, 2.75) is 32.4 Å². The van der Waals surface area contributed by atoms with E-state index in [1.165, 1.54) is 4.31 Å². The van der Waals surface area contributed by atoms with Crippen LogP contribution in [-0.4, -0.2) is 31.7 Å². The fraction of sp³-hybridized carbons (Fsp3) is 0.381. The van der Waals surface area contributed by atoms with Crippen LogP contribution in [0.15, 0.2) is 42.5 Å². The number of anilines is 1. The highest BCUT2D eigenvalue weighted by atomic mass is 35.5. The Morgan fingerprint density at radius 2 is 2.00 bits per heavy atom. The molecule has 3 rings (SSSR count). The molecule has 150 valence electrons. The van der Waals surface area contributed by atoms with Gasteiger partial charge >= 0.3 is 0 Å². The van der Waals surface area contributed by atoms with Crippen LogP contribution in [-0.2, 0) is 20.6 Å². The highest BCUT2D eigenvalue weighted by molar-refractivity contribution is 7.88. The summed E-state index contributed by atoms with van der Waals surface area (Å²) in [5, 5.41) is 3.48. The van der Waals surface area contributed by atoms with Crippen molar-refractivity contribution in [3.63, 3.8) is 0 Å². The standard InChI is InChI=1S/C21H25ClN2O3S/c1-15-8-9-16(2)20(11-15)23-21(25)18-6-4-10-24(13-18)28(26,27)14-17-5-3-7-19(22)12-17/h3,5,7-9,11-12,18H,4,6,10,13-14H2,1-2H3,(H,23,25)/t18-/m1/s1. The largest absolute Gasteiger partial charge is 0.326 e. The lowest BCUT2D eigenvalue weighted by Crippen LogP contribution is -2.44. The first-order valence-corrected chi connectivity index (χ1v) is 11.3. The molecule has 0 bridgehead atoms. The molecule has 0 radical (unpaired) electrons. The smallest absolute Gasteiger partial charge is 0.228 e. The fourth-order valence-electron chi connectivity index (χ4n) is 3.44. The van der Waals surface area contributed by atoms with Crippen molar-refractivity contribution in [1.29, 1.82) is 0 Å². The molecule has 0 spiro atoms. The van der Waals surface area contributed by atoms with Crippen LogP contribution in [0.25, 0.3) is 0 Å². The molecule has 1 heterocycles. The maximum Gasteiger partial charge on any atom is 0.228 e. The molecule has 1 atom stereocenters. The number of nitrogens with one attached hydrogen (secondary N) is 1. The Hall–Kier alpha value is -1.89. The predicted octanol–water partition coefficient (Wildman–Crippen LogP) is 4.14. The summed E-state index contributed by atoms with van der Waals surface area (Å²) in [6.07, 6.45) is 1.35.